The molecule has 0 atom stereocenters. The summed E-state index contributed by atoms with van der Waals surface area (Å²) in [5, 5.41) is 57.9. The van der Waals surface area contributed by atoms with E-state index in [1.165, 1.54) is 24.3 Å². The van der Waals surface area contributed by atoms with Gasteiger partial charge in [0.25, 0.3) is 0 Å². The molecule has 0 radical (unpaired) electrons. The molecular weight excluding hydrogens is 288 g/mol. The zero-order chi connectivity index (χ0) is 16.3. The van der Waals surface area contributed by atoms with Crippen LogP contribution in [0.15, 0.2) is 24.3 Å². The minimum Gasteiger partial charge on any atom is -0.504 e. The summed E-state index contributed by atoms with van der Waals surface area (Å²) in [4.78, 5) is 0. The van der Waals surface area contributed by atoms with Crippen molar-refractivity contribution in [2.75, 3.05) is 13.2 Å². The van der Waals surface area contributed by atoms with Crippen molar-refractivity contribution in [1.82, 2.24) is 0 Å². The van der Waals surface area contributed by atoms with Crippen LogP contribution in [0.5, 0.6) is 23.0 Å². The highest BCUT2D eigenvalue weighted by Crippen LogP contribution is 2.46. The van der Waals surface area contributed by atoms with E-state index in [2.05, 4.69) is 0 Å². The third-order valence-corrected chi connectivity index (χ3v) is 3.44. The summed E-state index contributed by atoms with van der Waals surface area (Å²) in [6.07, 6.45) is 0.462. The van der Waals surface area contributed by atoms with Crippen molar-refractivity contribution in [3.05, 3.63) is 35.4 Å². The van der Waals surface area contributed by atoms with E-state index >= 15 is 0 Å². The van der Waals surface area contributed by atoms with Gasteiger partial charge in [0.2, 0.25) is 0 Å². The molecule has 118 valence electrons. The number of aliphatic hydroxyl groups is 2. The molecule has 0 aliphatic carbocycles. The van der Waals surface area contributed by atoms with Crippen molar-refractivity contribution in [3.8, 4) is 34.1 Å². The Morgan fingerprint density at radius 3 is 2.05 bits per heavy atom. The second kappa shape index (κ2) is 6.55. The molecule has 0 heterocycles. The molecule has 0 saturated carbocycles. The Balaban J connectivity index is 2.72. The Kier molecular flexibility index (Phi) is 4.75. The number of hydrogen-bond donors (Lipinski definition) is 6. The normalized spacial score (nSPS) is 10.8. The maximum absolute atomic E-state index is 10.1. The summed E-state index contributed by atoms with van der Waals surface area (Å²) < 4.78 is 0. The van der Waals surface area contributed by atoms with Crippen LogP contribution in [0.2, 0.25) is 0 Å². The van der Waals surface area contributed by atoms with Gasteiger partial charge in [-0.25, -0.2) is 0 Å². The van der Waals surface area contributed by atoms with E-state index in [1.54, 1.807) is 0 Å². The second-order valence-corrected chi connectivity index (χ2v) is 4.93. The van der Waals surface area contributed by atoms with Gasteiger partial charge >= 0.3 is 0 Å². The van der Waals surface area contributed by atoms with Crippen LogP contribution in [0, 0.1) is 0 Å². The van der Waals surface area contributed by atoms with Crippen molar-refractivity contribution in [2.45, 2.75) is 12.8 Å². The molecule has 0 aliphatic rings. The average Bonchev–Trinajstić information content (AvgIpc) is 2.48. The molecule has 2 rings (SSSR count). The second-order valence-electron chi connectivity index (χ2n) is 4.93. The minimum atomic E-state index is -0.443. The smallest absolute Gasteiger partial charge is 0.165 e. The van der Waals surface area contributed by atoms with Gasteiger partial charge in [-0.15, -0.1) is 0 Å². The van der Waals surface area contributed by atoms with E-state index in [0.717, 1.165) is 0 Å². The summed E-state index contributed by atoms with van der Waals surface area (Å²) >= 11 is 0. The van der Waals surface area contributed by atoms with Crippen molar-refractivity contribution in [2.24, 2.45) is 0 Å². The molecule has 2 aromatic carbocycles. The Bertz CT molecular complexity index is 681. The molecule has 0 unspecified atom stereocenters. The Hall–Kier alpha value is -2.44. The van der Waals surface area contributed by atoms with E-state index in [4.69, 9.17) is 10.2 Å². The van der Waals surface area contributed by atoms with Gasteiger partial charge in [-0.1, -0.05) is 6.07 Å². The van der Waals surface area contributed by atoms with E-state index in [1.807, 2.05) is 0 Å². The highest BCUT2D eigenvalue weighted by Gasteiger charge is 2.19. The monoisotopic (exact) mass is 306 g/mol. The van der Waals surface area contributed by atoms with Crippen LogP contribution in [0.4, 0.5) is 0 Å². The van der Waals surface area contributed by atoms with Gasteiger partial charge in [0, 0.05) is 24.3 Å². The molecule has 22 heavy (non-hydrogen) atoms. The van der Waals surface area contributed by atoms with Crippen LogP contribution in [0.1, 0.15) is 11.1 Å². The summed E-state index contributed by atoms with van der Waals surface area (Å²) in [6.45, 7) is -0.320. The zero-order valence-electron chi connectivity index (χ0n) is 11.8. The first-order valence-electron chi connectivity index (χ1n) is 6.80. The molecule has 0 fully saturated rings. The number of aliphatic hydroxyl groups excluding tert-OH is 2. The third-order valence-electron chi connectivity index (χ3n) is 3.44. The molecule has 0 bridgehead atoms. The highest BCUT2D eigenvalue weighted by molar-refractivity contribution is 5.82. The van der Waals surface area contributed by atoms with E-state index in [9.17, 15) is 20.4 Å². The van der Waals surface area contributed by atoms with E-state index in [-0.39, 0.29) is 42.9 Å². The maximum atomic E-state index is 10.1. The van der Waals surface area contributed by atoms with Gasteiger partial charge in [0.05, 0.1) is 0 Å². The molecule has 0 spiro atoms. The van der Waals surface area contributed by atoms with E-state index in [0.29, 0.717) is 11.1 Å². The molecule has 2 aromatic rings. The third kappa shape index (κ3) is 2.93. The fraction of sp³-hybridized carbons (Fsp3) is 0.250. The Morgan fingerprint density at radius 2 is 1.41 bits per heavy atom. The Labute approximate surface area is 127 Å². The highest BCUT2D eigenvalue weighted by atomic mass is 16.3. The number of benzene rings is 2. The Morgan fingerprint density at radius 1 is 0.727 bits per heavy atom. The van der Waals surface area contributed by atoms with Crippen LogP contribution in [-0.4, -0.2) is 43.9 Å². The molecule has 0 amide bonds. The fourth-order valence-electron chi connectivity index (χ4n) is 2.39. The van der Waals surface area contributed by atoms with Crippen LogP contribution < -0.4 is 0 Å². The summed E-state index contributed by atoms with van der Waals surface area (Å²) in [7, 11) is 0. The predicted molar refractivity (Wildman–Crippen MR) is 80.1 cm³/mol. The molecule has 0 aromatic heterocycles. The quantitative estimate of drug-likeness (QED) is 0.462. The van der Waals surface area contributed by atoms with Gasteiger partial charge in [0.1, 0.15) is 0 Å². The number of aromatic hydroxyl groups is 4. The van der Waals surface area contributed by atoms with Crippen molar-refractivity contribution < 1.29 is 30.6 Å². The van der Waals surface area contributed by atoms with Crippen molar-refractivity contribution in [1.29, 1.82) is 0 Å². The van der Waals surface area contributed by atoms with Gasteiger partial charge in [-0.3, -0.25) is 0 Å². The fourth-order valence-corrected chi connectivity index (χ4v) is 2.39. The van der Waals surface area contributed by atoms with Gasteiger partial charge in [-0.05, 0) is 42.2 Å². The maximum Gasteiger partial charge on any atom is 0.165 e. The molecule has 0 saturated heterocycles. The molecule has 6 heteroatoms. The van der Waals surface area contributed by atoms with Gasteiger partial charge in [-0.2, -0.15) is 0 Å². The minimum absolute atomic E-state index is 0.125. The van der Waals surface area contributed by atoms with Crippen LogP contribution in [-0.2, 0) is 12.8 Å². The number of phenols is 4. The van der Waals surface area contributed by atoms with Crippen LogP contribution in [0.3, 0.4) is 0 Å². The first kappa shape index (κ1) is 15.9. The first-order valence-corrected chi connectivity index (χ1v) is 6.80. The van der Waals surface area contributed by atoms with Gasteiger partial charge < -0.3 is 30.6 Å². The molecular formula is C16H18O6. The van der Waals surface area contributed by atoms with Crippen molar-refractivity contribution in [3.63, 3.8) is 0 Å². The zero-order valence-corrected chi connectivity index (χ0v) is 11.8. The molecule has 6 N–H and O–H groups in total. The van der Waals surface area contributed by atoms with Gasteiger partial charge in [0.15, 0.2) is 23.0 Å². The topological polar surface area (TPSA) is 121 Å². The van der Waals surface area contributed by atoms with Crippen LogP contribution in [0.25, 0.3) is 11.1 Å². The predicted octanol–water partition coefficient (Wildman–Crippen LogP) is 1.25. The average molecular weight is 306 g/mol. The standard InChI is InChI=1S/C16H18O6/c17-5-3-9-7-11(15(21)13(20)8-9)14-10(4-6-18)1-2-12(19)16(14)22/h1-2,7-8,17-22H,3-6H2. The number of hydrogen-bond acceptors (Lipinski definition) is 6. The SMILES string of the molecule is OCCc1cc(O)c(O)c(-c2c(CCO)ccc(O)c2O)c1. The summed E-state index contributed by atoms with van der Waals surface area (Å²) in [5.74, 6) is -1.65. The lowest BCUT2D eigenvalue weighted by atomic mass is 9.93. The number of rotatable bonds is 5. The lowest BCUT2D eigenvalue weighted by Crippen LogP contribution is -1.97. The van der Waals surface area contributed by atoms with Crippen LogP contribution >= 0.6 is 0 Å². The number of phenolic OH excluding ortho intramolecular Hbond substituents is 4. The van der Waals surface area contributed by atoms with E-state index < -0.39 is 17.2 Å². The van der Waals surface area contributed by atoms with Crippen molar-refractivity contribution >= 4 is 0 Å². The lowest BCUT2D eigenvalue weighted by molar-refractivity contribution is 0.299. The molecule has 0 aliphatic heterocycles. The summed E-state index contributed by atoms with van der Waals surface area (Å²) in [5.41, 5.74) is 1.33. The lowest BCUT2D eigenvalue weighted by Gasteiger charge is -2.15. The summed E-state index contributed by atoms with van der Waals surface area (Å²) in [6, 6.07) is 5.65. The largest absolute Gasteiger partial charge is 0.504 e. The molecule has 6 nitrogen and oxygen atoms in total. The first-order chi connectivity index (χ1) is 10.5.